The van der Waals surface area contributed by atoms with Gasteiger partial charge in [0.1, 0.15) is 0 Å². The van der Waals surface area contributed by atoms with E-state index in [4.69, 9.17) is 0 Å². The third-order valence-electron chi connectivity index (χ3n) is 3.33. The molecule has 0 spiro atoms. The molecule has 2 rings (SSSR count). The molecule has 1 aliphatic heterocycles. The molecule has 2 heterocycles. The van der Waals surface area contributed by atoms with E-state index in [0.717, 1.165) is 15.8 Å². The molecule has 1 unspecified atom stereocenters. The first-order valence-corrected chi connectivity index (χ1v) is 7.20. The lowest BCUT2D eigenvalue weighted by Crippen LogP contribution is -2.45. The van der Waals surface area contributed by atoms with Crippen LogP contribution in [-0.4, -0.2) is 35.5 Å². The number of thiophene rings is 1. The monoisotopic (exact) mass is 296 g/mol. The zero-order valence-electron chi connectivity index (χ0n) is 11.3. The molecule has 1 aromatic rings. The average Bonchev–Trinajstić information content (AvgIpc) is 3.02. The van der Waals surface area contributed by atoms with Crippen LogP contribution < -0.4 is 5.32 Å². The van der Waals surface area contributed by atoms with Crippen LogP contribution in [0.15, 0.2) is 24.8 Å². The van der Waals surface area contributed by atoms with Gasteiger partial charge in [0.05, 0.1) is 13.1 Å². The number of hydrogen-bond acceptors (Lipinski definition) is 3. The van der Waals surface area contributed by atoms with Gasteiger partial charge < -0.3 is 10.2 Å². The molecule has 1 saturated heterocycles. The molecule has 0 aliphatic carbocycles. The summed E-state index contributed by atoms with van der Waals surface area (Å²) >= 11 is 1.57. The second-order valence-electron chi connectivity index (χ2n) is 4.87. The van der Waals surface area contributed by atoms with Gasteiger partial charge in [0, 0.05) is 22.7 Å². The fourth-order valence-corrected chi connectivity index (χ4v) is 3.01. The average molecular weight is 296 g/mol. The van der Waals surface area contributed by atoms with Crippen molar-refractivity contribution in [2.45, 2.75) is 25.6 Å². The van der Waals surface area contributed by atoms with Crippen LogP contribution in [0.4, 0.5) is 4.39 Å². The van der Waals surface area contributed by atoms with Crippen molar-refractivity contribution in [1.29, 1.82) is 0 Å². The van der Waals surface area contributed by atoms with Crippen LogP contribution in [0.2, 0.25) is 0 Å². The summed E-state index contributed by atoms with van der Waals surface area (Å²) in [5, 5.41) is 2.60. The second kappa shape index (κ2) is 5.75. The Bertz CT molecular complexity index is 543. The maximum absolute atomic E-state index is 14.5. The molecule has 1 aliphatic rings. The normalized spacial score (nSPS) is 21.8. The summed E-state index contributed by atoms with van der Waals surface area (Å²) in [4.78, 5) is 26.8. The number of nitrogens with zero attached hydrogens (tertiary/aromatic N) is 1. The highest BCUT2D eigenvalue weighted by Crippen LogP contribution is 2.26. The van der Waals surface area contributed by atoms with Crippen molar-refractivity contribution in [3.05, 3.63) is 34.5 Å². The summed E-state index contributed by atoms with van der Waals surface area (Å²) < 4.78 is 14.5. The van der Waals surface area contributed by atoms with Crippen molar-refractivity contribution in [3.63, 3.8) is 0 Å². The van der Waals surface area contributed by atoms with Crippen LogP contribution in [0, 0.1) is 6.92 Å². The Morgan fingerprint density at radius 1 is 1.60 bits per heavy atom. The predicted molar refractivity (Wildman–Crippen MR) is 76.1 cm³/mol. The van der Waals surface area contributed by atoms with E-state index in [9.17, 15) is 14.0 Å². The third kappa shape index (κ3) is 3.07. The van der Waals surface area contributed by atoms with Crippen LogP contribution >= 0.6 is 11.3 Å². The van der Waals surface area contributed by atoms with Crippen molar-refractivity contribution in [1.82, 2.24) is 10.2 Å². The van der Waals surface area contributed by atoms with E-state index in [1.807, 2.05) is 19.1 Å². The lowest BCUT2D eigenvalue weighted by atomic mass is 10.1. The van der Waals surface area contributed by atoms with E-state index in [-0.39, 0.29) is 25.4 Å². The molecule has 20 heavy (non-hydrogen) atoms. The Labute approximate surface area is 121 Å². The number of halogens is 1. The highest BCUT2D eigenvalue weighted by atomic mass is 32.1. The Morgan fingerprint density at radius 2 is 2.35 bits per heavy atom. The molecule has 0 aromatic carbocycles. The molecule has 6 heteroatoms. The van der Waals surface area contributed by atoms with Gasteiger partial charge in [0.2, 0.25) is 11.6 Å². The second-order valence-corrected chi connectivity index (χ2v) is 6.25. The largest absolute Gasteiger partial charge is 0.348 e. The number of rotatable bonds is 4. The van der Waals surface area contributed by atoms with Crippen molar-refractivity contribution in [2.24, 2.45) is 0 Å². The summed E-state index contributed by atoms with van der Waals surface area (Å²) in [6, 6.07) is 3.87. The smallest absolute Gasteiger partial charge is 0.259 e. The van der Waals surface area contributed by atoms with E-state index < -0.39 is 11.6 Å². The van der Waals surface area contributed by atoms with Gasteiger partial charge in [0.15, 0.2) is 0 Å². The van der Waals surface area contributed by atoms with E-state index >= 15 is 0 Å². The molecule has 4 nitrogen and oxygen atoms in total. The minimum absolute atomic E-state index is 0.0296. The number of aryl methyl sites for hydroxylation is 1. The fraction of sp³-hybridized carbons (Fsp3) is 0.429. The van der Waals surface area contributed by atoms with Crippen LogP contribution in [0.3, 0.4) is 0 Å². The molecule has 108 valence electrons. The summed E-state index contributed by atoms with van der Waals surface area (Å²) in [5.41, 5.74) is -2.00. The standard InChI is InChI=1S/C14H17FN2O2S/c1-3-12(18)17-7-6-14(15,9-17)13(19)16-8-11-5-4-10(2)20-11/h3-5H,1,6-9H2,2H3,(H,16,19). The number of likely N-dealkylation sites (tertiary alicyclic amines) is 1. The van der Waals surface area contributed by atoms with Gasteiger partial charge >= 0.3 is 0 Å². The molecule has 0 radical (unpaired) electrons. The predicted octanol–water partition coefficient (Wildman–Crippen LogP) is 1.80. The molecule has 0 saturated carbocycles. The van der Waals surface area contributed by atoms with E-state index in [1.165, 1.54) is 4.90 Å². The molecular weight excluding hydrogens is 279 g/mol. The highest BCUT2D eigenvalue weighted by Gasteiger charge is 2.46. The summed E-state index contributed by atoms with van der Waals surface area (Å²) in [6.07, 6.45) is 1.17. The zero-order chi connectivity index (χ0) is 14.8. The Hall–Kier alpha value is -1.69. The van der Waals surface area contributed by atoms with Crippen molar-refractivity contribution >= 4 is 23.2 Å². The zero-order valence-corrected chi connectivity index (χ0v) is 12.1. The number of carbonyl (C=O) groups is 2. The van der Waals surface area contributed by atoms with Crippen LogP contribution in [0.5, 0.6) is 0 Å². The van der Waals surface area contributed by atoms with E-state index in [1.54, 1.807) is 11.3 Å². The number of hydrogen-bond donors (Lipinski definition) is 1. The van der Waals surface area contributed by atoms with Crippen molar-refractivity contribution in [2.75, 3.05) is 13.1 Å². The lowest BCUT2D eigenvalue weighted by molar-refractivity contribution is -0.133. The van der Waals surface area contributed by atoms with Crippen LogP contribution in [0.1, 0.15) is 16.2 Å². The molecular formula is C14H17FN2O2S. The Kier molecular flexibility index (Phi) is 4.23. The third-order valence-corrected chi connectivity index (χ3v) is 4.33. The van der Waals surface area contributed by atoms with Crippen molar-refractivity contribution < 1.29 is 14.0 Å². The SMILES string of the molecule is C=CC(=O)N1CCC(F)(C(=O)NCc2ccc(C)s2)C1. The molecule has 1 atom stereocenters. The molecule has 0 bridgehead atoms. The number of nitrogens with one attached hydrogen (secondary N) is 1. The summed E-state index contributed by atoms with van der Waals surface area (Å²) in [6.45, 7) is 5.70. The lowest BCUT2D eigenvalue weighted by Gasteiger charge is -2.19. The summed E-state index contributed by atoms with van der Waals surface area (Å²) in [7, 11) is 0. The van der Waals surface area contributed by atoms with E-state index in [0.29, 0.717) is 6.54 Å². The van der Waals surface area contributed by atoms with Gasteiger partial charge in [0.25, 0.3) is 5.91 Å². The topological polar surface area (TPSA) is 49.4 Å². The fourth-order valence-electron chi connectivity index (χ4n) is 2.18. The van der Waals surface area contributed by atoms with Crippen molar-refractivity contribution in [3.8, 4) is 0 Å². The quantitative estimate of drug-likeness (QED) is 0.861. The maximum Gasteiger partial charge on any atom is 0.259 e. The van der Waals surface area contributed by atoms with Gasteiger partial charge in [-0.05, 0) is 25.1 Å². The first-order chi connectivity index (χ1) is 9.44. The van der Waals surface area contributed by atoms with Crippen LogP contribution in [-0.2, 0) is 16.1 Å². The minimum atomic E-state index is -2.00. The Morgan fingerprint density at radius 3 is 2.95 bits per heavy atom. The summed E-state index contributed by atoms with van der Waals surface area (Å²) in [5.74, 6) is -0.992. The number of carbonyl (C=O) groups excluding carboxylic acids is 2. The maximum atomic E-state index is 14.5. The molecule has 1 aromatic heterocycles. The molecule has 1 N–H and O–H groups in total. The van der Waals surface area contributed by atoms with E-state index in [2.05, 4.69) is 11.9 Å². The van der Waals surface area contributed by atoms with Gasteiger partial charge in [-0.3, -0.25) is 9.59 Å². The van der Waals surface area contributed by atoms with Gasteiger partial charge in [-0.1, -0.05) is 6.58 Å². The first kappa shape index (κ1) is 14.7. The Balaban J connectivity index is 1.92. The molecule has 2 amide bonds. The van der Waals surface area contributed by atoms with Gasteiger partial charge in [-0.25, -0.2) is 4.39 Å². The first-order valence-electron chi connectivity index (χ1n) is 6.38. The number of alkyl halides is 1. The number of amides is 2. The minimum Gasteiger partial charge on any atom is -0.348 e. The van der Waals surface area contributed by atoms with Crippen LogP contribution in [0.25, 0.3) is 0 Å². The van der Waals surface area contributed by atoms with Gasteiger partial charge in [-0.2, -0.15) is 0 Å². The molecule has 1 fully saturated rings. The highest BCUT2D eigenvalue weighted by molar-refractivity contribution is 7.11. The van der Waals surface area contributed by atoms with Gasteiger partial charge in [-0.15, -0.1) is 11.3 Å².